The Bertz CT molecular complexity index is 1020. The highest BCUT2D eigenvalue weighted by Gasteiger charge is 2.36. The maximum Gasteiger partial charge on any atom is 0.153 e. The summed E-state index contributed by atoms with van der Waals surface area (Å²) in [4.78, 5) is 11.6. The lowest BCUT2D eigenvalue weighted by Crippen LogP contribution is -2.28. The topological polar surface area (TPSA) is 26.3 Å². The minimum Gasteiger partial charge on any atom is -0.493 e. The van der Waals surface area contributed by atoms with Crippen LogP contribution in [0.2, 0.25) is 0 Å². The molecule has 0 unspecified atom stereocenters. The average molecular weight is 375 g/mol. The first-order valence-electron chi connectivity index (χ1n) is 10.4. The van der Waals surface area contributed by atoms with Crippen molar-refractivity contribution in [3.05, 3.63) is 58.7 Å². The van der Waals surface area contributed by atoms with Crippen molar-refractivity contribution in [2.45, 2.75) is 59.3 Å². The molecule has 0 saturated heterocycles. The highest BCUT2D eigenvalue weighted by Crippen LogP contribution is 2.51. The van der Waals surface area contributed by atoms with E-state index in [0.717, 1.165) is 30.9 Å². The van der Waals surface area contributed by atoms with Crippen LogP contribution in [0.25, 0.3) is 16.3 Å². The van der Waals surface area contributed by atoms with E-state index in [1.54, 1.807) is 5.57 Å². The number of hydrogen-bond donors (Lipinski definition) is 0. The minimum absolute atomic E-state index is 0.0413. The molecule has 2 aromatic carbocycles. The highest BCUT2D eigenvalue weighted by atomic mass is 16.5. The summed E-state index contributed by atoms with van der Waals surface area (Å²) in [5.74, 6) is 0.702. The van der Waals surface area contributed by atoms with Crippen LogP contribution >= 0.6 is 0 Å². The van der Waals surface area contributed by atoms with Crippen LogP contribution in [-0.4, -0.2) is 12.9 Å². The molecular weight excluding hydrogens is 344 g/mol. The van der Waals surface area contributed by atoms with Gasteiger partial charge in [0.2, 0.25) is 0 Å². The average Bonchev–Trinajstić information content (AvgIpc) is 2.63. The summed E-state index contributed by atoms with van der Waals surface area (Å²) >= 11 is 0. The van der Waals surface area contributed by atoms with Crippen molar-refractivity contribution < 1.29 is 9.53 Å². The Kier molecular flexibility index (Phi) is 4.49. The third-order valence-corrected chi connectivity index (χ3v) is 6.11. The maximum atomic E-state index is 11.6. The molecule has 0 aliphatic heterocycles. The van der Waals surface area contributed by atoms with Gasteiger partial charge >= 0.3 is 0 Å². The Labute approximate surface area is 168 Å². The molecule has 2 heteroatoms. The van der Waals surface area contributed by atoms with E-state index in [4.69, 9.17) is 4.74 Å². The van der Waals surface area contributed by atoms with Gasteiger partial charge in [-0.2, -0.15) is 0 Å². The zero-order chi connectivity index (χ0) is 20.1. The maximum absolute atomic E-state index is 11.6. The number of carbonyl (C=O) groups is 1. The smallest absolute Gasteiger partial charge is 0.153 e. The number of fused-ring (bicyclic) bond motifs is 4. The molecule has 0 atom stereocenters. The number of rotatable bonds is 4. The van der Waals surface area contributed by atoms with Crippen LogP contribution in [0, 0.1) is 5.41 Å². The third kappa shape index (κ3) is 3.09. The lowest BCUT2D eigenvalue weighted by molar-refractivity contribution is 0.111. The van der Waals surface area contributed by atoms with Crippen molar-refractivity contribution in [2.24, 2.45) is 5.41 Å². The van der Waals surface area contributed by atoms with E-state index in [9.17, 15) is 4.79 Å². The summed E-state index contributed by atoms with van der Waals surface area (Å²) in [6.45, 7) is 12.0. The van der Waals surface area contributed by atoms with Crippen LogP contribution in [0.3, 0.4) is 0 Å². The van der Waals surface area contributed by atoms with Gasteiger partial charge in [-0.1, -0.05) is 64.5 Å². The summed E-state index contributed by atoms with van der Waals surface area (Å²) in [5, 5.41) is 2.32. The number of allylic oxidation sites excluding steroid dienone is 4. The van der Waals surface area contributed by atoms with Crippen molar-refractivity contribution in [2.75, 3.05) is 6.61 Å². The van der Waals surface area contributed by atoms with Gasteiger partial charge in [-0.25, -0.2) is 0 Å². The molecule has 0 radical (unpaired) electrons. The van der Waals surface area contributed by atoms with Gasteiger partial charge in [-0.3, -0.25) is 4.79 Å². The van der Waals surface area contributed by atoms with Crippen LogP contribution in [0.4, 0.5) is 0 Å². The minimum atomic E-state index is 0.0413. The molecule has 0 aromatic heterocycles. The van der Waals surface area contributed by atoms with Gasteiger partial charge in [0.15, 0.2) is 6.29 Å². The van der Waals surface area contributed by atoms with E-state index < -0.39 is 0 Å². The predicted octanol–water partition coefficient (Wildman–Crippen LogP) is 6.86. The zero-order valence-corrected chi connectivity index (χ0v) is 17.7. The third-order valence-electron chi connectivity index (χ3n) is 6.11. The van der Waals surface area contributed by atoms with Gasteiger partial charge in [-0.15, -0.1) is 0 Å². The van der Waals surface area contributed by atoms with E-state index in [1.165, 1.54) is 22.1 Å². The zero-order valence-electron chi connectivity index (χ0n) is 17.7. The number of hydrogen-bond acceptors (Lipinski definition) is 2. The second-order valence-corrected chi connectivity index (χ2v) is 9.64. The normalized spacial score (nSPS) is 19.3. The van der Waals surface area contributed by atoms with Gasteiger partial charge in [0.1, 0.15) is 5.75 Å². The number of carbonyl (C=O) groups excluding carboxylic acids is 1. The van der Waals surface area contributed by atoms with Crippen LogP contribution in [0.1, 0.15) is 75.4 Å². The Morgan fingerprint density at radius 1 is 1.11 bits per heavy atom. The molecule has 0 saturated carbocycles. The summed E-state index contributed by atoms with van der Waals surface area (Å²) in [6.07, 6.45) is 8.70. The van der Waals surface area contributed by atoms with E-state index in [-0.39, 0.29) is 10.8 Å². The summed E-state index contributed by atoms with van der Waals surface area (Å²) in [5.41, 5.74) is 6.58. The lowest BCUT2D eigenvalue weighted by atomic mass is 9.64. The van der Waals surface area contributed by atoms with Gasteiger partial charge < -0.3 is 4.74 Å². The molecule has 0 bridgehead atoms. The van der Waals surface area contributed by atoms with Gasteiger partial charge in [0.25, 0.3) is 0 Å². The molecule has 0 fully saturated rings. The Morgan fingerprint density at radius 2 is 1.89 bits per heavy atom. The fourth-order valence-electron chi connectivity index (χ4n) is 4.94. The fourth-order valence-corrected chi connectivity index (χ4v) is 4.94. The Balaban J connectivity index is 1.96. The van der Waals surface area contributed by atoms with Gasteiger partial charge in [0.05, 0.1) is 12.2 Å². The van der Waals surface area contributed by atoms with Crippen molar-refractivity contribution in [1.82, 2.24) is 0 Å². The van der Waals surface area contributed by atoms with Gasteiger partial charge in [-0.05, 0) is 69.7 Å². The molecule has 2 aliphatic rings. The molecule has 2 aromatic rings. The molecule has 0 spiro atoms. The summed E-state index contributed by atoms with van der Waals surface area (Å²) in [6, 6.07) is 8.48. The van der Waals surface area contributed by atoms with Crippen molar-refractivity contribution >= 4 is 22.6 Å². The number of benzene rings is 2. The molecule has 0 amide bonds. The van der Waals surface area contributed by atoms with Gasteiger partial charge in [0, 0.05) is 0 Å². The first-order chi connectivity index (χ1) is 13.3. The first kappa shape index (κ1) is 19.0. The molecule has 28 heavy (non-hydrogen) atoms. The number of ether oxygens (including phenoxy) is 1. The monoisotopic (exact) mass is 374 g/mol. The molecule has 0 N–H and O–H groups in total. The van der Waals surface area contributed by atoms with E-state index in [1.807, 2.05) is 6.07 Å². The molecule has 2 nitrogen and oxygen atoms in total. The molecule has 146 valence electrons. The number of aldehydes is 1. The molecule has 0 heterocycles. The van der Waals surface area contributed by atoms with Crippen molar-refractivity contribution in [1.29, 1.82) is 0 Å². The molecular formula is C26H30O2. The lowest BCUT2D eigenvalue weighted by Gasteiger charge is -2.40. The van der Waals surface area contributed by atoms with Crippen LogP contribution in [-0.2, 0) is 5.41 Å². The molecule has 2 aliphatic carbocycles. The van der Waals surface area contributed by atoms with Crippen LogP contribution in [0.15, 0.2) is 42.0 Å². The SMILES string of the molecule is CCCOc1cc2c3c(ccc2cc1C=O)C1=C(CC(C)(C)C=C1)CC3(C)C. The van der Waals surface area contributed by atoms with E-state index >= 15 is 0 Å². The van der Waals surface area contributed by atoms with E-state index in [0.29, 0.717) is 17.9 Å². The fraction of sp³-hybridized carbons (Fsp3) is 0.423. The highest BCUT2D eigenvalue weighted by molar-refractivity contribution is 5.99. The Morgan fingerprint density at radius 3 is 2.61 bits per heavy atom. The summed E-state index contributed by atoms with van der Waals surface area (Å²) < 4.78 is 5.92. The van der Waals surface area contributed by atoms with Crippen LogP contribution < -0.4 is 4.74 Å². The first-order valence-corrected chi connectivity index (χ1v) is 10.4. The molecule has 4 rings (SSSR count). The summed E-state index contributed by atoms with van der Waals surface area (Å²) in [7, 11) is 0. The second kappa shape index (κ2) is 6.62. The standard InChI is InChI=1S/C26H30O2/c1-6-11-28-23-13-22-17(12-18(23)16-27)7-8-21-20-9-10-25(2,3)14-19(20)15-26(4,5)24(21)22/h7-10,12-13,16H,6,11,14-15H2,1-5H3. The van der Waals surface area contributed by atoms with Crippen LogP contribution in [0.5, 0.6) is 5.75 Å². The van der Waals surface area contributed by atoms with Crippen molar-refractivity contribution in [3.8, 4) is 5.75 Å². The Hall–Kier alpha value is -2.35. The predicted molar refractivity (Wildman–Crippen MR) is 117 cm³/mol. The van der Waals surface area contributed by atoms with Crippen molar-refractivity contribution in [3.63, 3.8) is 0 Å². The second-order valence-electron chi connectivity index (χ2n) is 9.64. The quantitative estimate of drug-likeness (QED) is 0.546. The largest absolute Gasteiger partial charge is 0.493 e. The van der Waals surface area contributed by atoms with E-state index in [2.05, 4.69) is 65.0 Å².